The van der Waals surface area contributed by atoms with E-state index in [1.165, 1.54) is 18.9 Å². The third-order valence-electron chi connectivity index (χ3n) is 4.09. The third-order valence-corrected chi connectivity index (χ3v) is 4.09. The first-order valence-electron chi connectivity index (χ1n) is 6.90. The van der Waals surface area contributed by atoms with Gasteiger partial charge in [-0.2, -0.15) is 0 Å². The van der Waals surface area contributed by atoms with E-state index in [2.05, 4.69) is 15.6 Å². The van der Waals surface area contributed by atoms with Crippen LogP contribution in [0.4, 0.5) is 5.82 Å². The van der Waals surface area contributed by atoms with Gasteiger partial charge in [-0.05, 0) is 43.7 Å². The molecular formula is C14H20ClN3O2. The highest BCUT2D eigenvalue weighted by Gasteiger charge is 2.34. The van der Waals surface area contributed by atoms with Crippen LogP contribution in [-0.4, -0.2) is 28.1 Å². The number of rotatable bonds is 3. The second-order valence-corrected chi connectivity index (χ2v) is 5.60. The average molecular weight is 298 g/mol. The van der Waals surface area contributed by atoms with Crippen LogP contribution in [0.3, 0.4) is 0 Å². The molecule has 6 heteroatoms. The van der Waals surface area contributed by atoms with Crippen molar-refractivity contribution in [1.29, 1.82) is 0 Å². The number of carbonyl (C=O) groups excluding carboxylic acids is 1. The second-order valence-electron chi connectivity index (χ2n) is 5.60. The van der Waals surface area contributed by atoms with Gasteiger partial charge in [0.1, 0.15) is 0 Å². The maximum atomic E-state index is 12.0. The zero-order chi connectivity index (χ0) is 13.2. The van der Waals surface area contributed by atoms with Crippen LogP contribution < -0.4 is 10.6 Å². The fraction of sp³-hybridized carbons (Fsp3) is 0.571. The van der Waals surface area contributed by atoms with Crippen LogP contribution in [0, 0.1) is 5.92 Å². The monoisotopic (exact) mass is 297 g/mol. The van der Waals surface area contributed by atoms with Crippen LogP contribution in [0.1, 0.15) is 32.1 Å². The lowest BCUT2D eigenvalue weighted by molar-refractivity contribution is -0.117. The zero-order valence-electron chi connectivity index (χ0n) is 11.2. The topological polar surface area (TPSA) is 74.2 Å². The maximum Gasteiger partial charge on any atom is 0.225 e. The third kappa shape index (κ3) is 3.41. The molecular weight excluding hydrogens is 278 g/mol. The van der Waals surface area contributed by atoms with E-state index in [1.807, 2.05) is 0 Å². The molecule has 1 aromatic heterocycles. The summed E-state index contributed by atoms with van der Waals surface area (Å²) in [5, 5.41) is 15.8. The van der Waals surface area contributed by atoms with E-state index in [0.29, 0.717) is 24.4 Å². The molecule has 2 aliphatic heterocycles. The number of amides is 1. The Morgan fingerprint density at radius 1 is 1.40 bits per heavy atom. The van der Waals surface area contributed by atoms with E-state index in [1.54, 1.807) is 12.3 Å². The summed E-state index contributed by atoms with van der Waals surface area (Å²) >= 11 is 0. The number of carbonyl (C=O) groups is 1. The first kappa shape index (κ1) is 15.1. The highest BCUT2D eigenvalue weighted by atomic mass is 35.5. The molecule has 2 saturated heterocycles. The molecule has 1 aromatic rings. The Bertz CT molecular complexity index is 471. The number of nitrogens with zero attached hydrogens (tertiary/aromatic N) is 1. The highest BCUT2D eigenvalue weighted by molar-refractivity contribution is 5.91. The van der Waals surface area contributed by atoms with Gasteiger partial charge in [-0.25, -0.2) is 4.98 Å². The summed E-state index contributed by atoms with van der Waals surface area (Å²) in [4.78, 5) is 15.9. The Balaban J connectivity index is 0.00000147. The zero-order valence-corrected chi connectivity index (χ0v) is 12.0. The molecule has 2 atom stereocenters. The lowest BCUT2D eigenvalue weighted by atomic mass is 9.89. The van der Waals surface area contributed by atoms with Crippen molar-refractivity contribution in [2.75, 3.05) is 5.32 Å². The van der Waals surface area contributed by atoms with E-state index in [-0.39, 0.29) is 29.9 Å². The minimum Gasteiger partial charge on any atom is -0.504 e. The first-order valence-corrected chi connectivity index (χ1v) is 6.90. The number of halogens is 1. The van der Waals surface area contributed by atoms with E-state index in [4.69, 9.17) is 0 Å². The van der Waals surface area contributed by atoms with Crippen LogP contribution in [-0.2, 0) is 4.79 Å². The first-order chi connectivity index (χ1) is 9.20. The van der Waals surface area contributed by atoms with Crippen molar-refractivity contribution in [2.24, 2.45) is 5.92 Å². The molecule has 0 aliphatic carbocycles. The SMILES string of the molecule is Cl.O=C(CC1CC2CCC(C1)N2)Nc1ncccc1O. The van der Waals surface area contributed by atoms with Crippen LogP contribution >= 0.6 is 12.4 Å². The van der Waals surface area contributed by atoms with Gasteiger partial charge in [0, 0.05) is 24.7 Å². The normalized spacial score (nSPS) is 27.7. The van der Waals surface area contributed by atoms with Crippen molar-refractivity contribution in [2.45, 2.75) is 44.2 Å². The minimum absolute atomic E-state index is 0. The number of hydrogen-bond acceptors (Lipinski definition) is 4. The highest BCUT2D eigenvalue weighted by Crippen LogP contribution is 2.33. The fourth-order valence-corrected chi connectivity index (χ4v) is 3.28. The van der Waals surface area contributed by atoms with Gasteiger partial charge in [0.2, 0.25) is 5.91 Å². The van der Waals surface area contributed by atoms with Gasteiger partial charge in [0.25, 0.3) is 0 Å². The molecule has 0 aromatic carbocycles. The summed E-state index contributed by atoms with van der Waals surface area (Å²) in [6, 6.07) is 4.35. The molecule has 0 radical (unpaired) electrons. The summed E-state index contributed by atoms with van der Waals surface area (Å²) in [5.74, 6) is 0.663. The average Bonchev–Trinajstić information content (AvgIpc) is 2.72. The van der Waals surface area contributed by atoms with Crippen LogP contribution in [0.25, 0.3) is 0 Å². The number of hydrogen-bond donors (Lipinski definition) is 3. The number of aromatic hydroxyl groups is 1. The number of aromatic nitrogens is 1. The number of fused-ring (bicyclic) bond motifs is 2. The van der Waals surface area contributed by atoms with Crippen molar-refractivity contribution in [3.8, 4) is 5.75 Å². The Labute approximate surface area is 124 Å². The van der Waals surface area contributed by atoms with Gasteiger partial charge in [-0.3, -0.25) is 4.79 Å². The van der Waals surface area contributed by atoms with Crippen LogP contribution in [0.2, 0.25) is 0 Å². The Morgan fingerprint density at radius 3 is 2.75 bits per heavy atom. The lowest BCUT2D eigenvalue weighted by Gasteiger charge is -2.28. The number of piperidine rings is 1. The van der Waals surface area contributed by atoms with E-state index >= 15 is 0 Å². The molecule has 110 valence electrons. The van der Waals surface area contributed by atoms with Gasteiger partial charge < -0.3 is 15.7 Å². The Hall–Kier alpha value is -1.33. The summed E-state index contributed by atoms with van der Waals surface area (Å²) in [6.45, 7) is 0. The molecule has 20 heavy (non-hydrogen) atoms. The molecule has 2 fully saturated rings. The molecule has 3 N–H and O–H groups in total. The second kappa shape index (κ2) is 6.41. The van der Waals surface area contributed by atoms with E-state index in [9.17, 15) is 9.90 Å². The summed E-state index contributed by atoms with van der Waals surface area (Å²) in [6.07, 6.45) is 6.72. The van der Waals surface area contributed by atoms with Gasteiger partial charge in [-0.15, -0.1) is 12.4 Å². The van der Waals surface area contributed by atoms with Gasteiger partial charge in [0.15, 0.2) is 11.6 Å². The van der Waals surface area contributed by atoms with E-state index < -0.39 is 0 Å². The van der Waals surface area contributed by atoms with Gasteiger partial charge in [0.05, 0.1) is 0 Å². The Kier molecular flexibility index (Phi) is 4.83. The predicted octanol–water partition coefficient (Wildman–Crippen LogP) is 2.07. The number of pyridine rings is 1. The number of nitrogens with one attached hydrogen (secondary N) is 2. The predicted molar refractivity (Wildman–Crippen MR) is 79.1 cm³/mol. The standard InChI is InChI=1S/C14H19N3O2.ClH/c18-12-2-1-5-15-14(12)17-13(19)8-9-6-10-3-4-11(7-9)16-10;/h1-2,5,9-11,16,18H,3-4,6-8H2,(H,15,17,19);1H. The molecule has 0 saturated carbocycles. The largest absolute Gasteiger partial charge is 0.504 e. The van der Waals surface area contributed by atoms with E-state index in [0.717, 1.165) is 12.8 Å². The lowest BCUT2D eigenvalue weighted by Crippen LogP contribution is -2.39. The van der Waals surface area contributed by atoms with Crippen molar-refractivity contribution in [1.82, 2.24) is 10.3 Å². The molecule has 2 unspecified atom stereocenters. The molecule has 3 rings (SSSR count). The molecule has 1 amide bonds. The van der Waals surface area contributed by atoms with Crippen LogP contribution in [0.15, 0.2) is 18.3 Å². The van der Waals surface area contributed by atoms with Crippen molar-refractivity contribution < 1.29 is 9.90 Å². The molecule has 0 spiro atoms. The molecule has 5 nitrogen and oxygen atoms in total. The quantitative estimate of drug-likeness (QED) is 0.798. The summed E-state index contributed by atoms with van der Waals surface area (Å²) in [5.41, 5.74) is 0. The molecule has 2 aliphatic rings. The maximum absolute atomic E-state index is 12.0. The minimum atomic E-state index is -0.0553. The van der Waals surface area contributed by atoms with Gasteiger partial charge >= 0.3 is 0 Å². The molecule has 2 bridgehead atoms. The van der Waals surface area contributed by atoms with Crippen molar-refractivity contribution >= 4 is 24.1 Å². The van der Waals surface area contributed by atoms with Crippen LogP contribution in [0.5, 0.6) is 5.75 Å². The fourth-order valence-electron chi connectivity index (χ4n) is 3.28. The van der Waals surface area contributed by atoms with Crippen molar-refractivity contribution in [3.63, 3.8) is 0 Å². The van der Waals surface area contributed by atoms with Gasteiger partial charge in [-0.1, -0.05) is 0 Å². The molecule has 3 heterocycles. The number of anilines is 1. The van der Waals surface area contributed by atoms with Crippen molar-refractivity contribution in [3.05, 3.63) is 18.3 Å². The smallest absolute Gasteiger partial charge is 0.225 e. The Morgan fingerprint density at radius 2 is 2.10 bits per heavy atom. The summed E-state index contributed by atoms with van der Waals surface area (Å²) in [7, 11) is 0. The summed E-state index contributed by atoms with van der Waals surface area (Å²) < 4.78 is 0.